The van der Waals surface area contributed by atoms with Gasteiger partial charge in [-0.3, -0.25) is 5.43 Å². The third-order valence-corrected chi connectivity index (χ3v) is 3.37. The van der Waals surface area contributed by atoms with E-state index in [-0.39, 0.29) is 6.10 Å². The first-order valence-electron chi connectivity index (χ1n) is 7.25. The highest BCUT2D eigenvalue weighted by molar-refractivity contribution is 5.38. The standard InChI is InChI=1S/C13H24N6O2/c1-9(2)21-13-16-11(18-14)15-12(17-13)19-6-4-10(5-7-19)8-20-3/h9-10H,4-8,14H2,1-3H3,(H,15,16,17,18). The second-order valence-electron chi connectivity index (χ2n) is 5.44. The average Bonchev–Trinajstić information content (AvgIpc) is 2.47. The van der Waals surface area contributed by atoms with E-state index in [4.69, 9.17) is 15.3 Å². The molecule has 1 aliphatic heterocycles. The summed E-state index contributed by atoms with van der Waals surface area (Å²) in [5.74, 6) is 6.94. The van der Waals surface area contributed by atoms with Crippen molar-refractivity contribution in [2.45, 2.75) is 32.8 Å². The van der Waals surface area contributed by atoms with Crippen LogP contribution >= 0.6 is 0 Å². The lowest BCUT2D eigenvalue weighted by Crippen LogP contribution is -2.36. The molecule has 0 atom stereocenters. The van der Waals surface area contributed by atoms with Crippen LogP contribution in [0.5, 0.6) is 6.01 Å². The quantitative estimate of drug-likeness (QED) is 0.588. The summed E-state index contributed by atoms with van der Waals surface area (Å²) in [6.07, 6.45) is 2.12. The minimum absolute atomic E-state index is 0.00156. The minimum atomic E-state index is -0.00156. The van der Waals surface area contributed by atoms with E-state index in [2.05, 4.69) is 25.3 Å². The van der Waals surface area contributed by atoms with Crippen LogP contribution in [0.4, 0.5) is 11.9 Å². The van der Waals surface area contributed by atoms with Crippen LogP contribution in [0.25, 0.3) is 0 Å². The lowest BCUT2D eigenvalue weighted by atomic mass is 9.98. The van der Waals surface area contributed by atoms with Crippen molar-refractivity contribution in [1.82, 2.24) is 15.0 Å². The molecule has 0 saturated carbocycles. The van der Waals surface area contributed by atoms with Crippen LogP contribution in [0, 0.1) is 5.92 Å². The Balaban J connectivity index is 2.08. The zero-order valence-corrected chi connectivity index (χ0v) is 12.9. The molecule has 1 fully saturated rings. The third kappa shape index (κ3) is 4.40. The summed E-state index contributed by atoms with van der Waals surface area (Å²) in [6.45, 7) is 6.44. The number of piperidine rings is 1. The summed E-state index contributed by atoms with van der Waals surface area (Å²) in [5.41, 5.74) is 2.46. The van der Waals surface area contributed by atoms with Crippen LogP contribution in [0.2, 0.25) is 0 Å². The Morgan fingerprint density at radius 3 is 2.57 bits per heavy atom. The SMILES string of the molecule is COCC1CCN(c2nc(NN)nc(OC(C)C)n2)CC1. The Morgan fingerprint density at radius 2 is 2.00 bits per heavy atom. The van der Waals surface area contributed by atoms with Gasteiger partial charge in [0, 0.05) is 26.8 Å². The van der Waals surface area contributed by atoms with Gasteiger partial charge in [-0.05, 0) is 32.6 Å². The number of anilines is 2. The van der Waals surface area contributed by atoms with Crippen LogP contribution in [0.1, 0.15) is 26.7 Å². The molecule has 0 aliphatic carbocycles. The number of nitrogens with two attached hydrogens (primary N) is 1. The predicted molar refractivity (Wildman–Crippen MR) is 80.2 cm³/mol. The molecule has 0 amide bonds. The number of nitrogens with one attached hydrogen (secondary N) is 1. The molecule has 0 aromatic carbocycles. The number of nitrogen functional groups attached to an aromatic ring is 1. The molecular weight excluding hydrogens is 272 g/mol. The first kappa shape index (κ1) is 15.7. The van der Waals surface area contributed by atoms with Crippen LogP contribution < -0.4 is 20.9 Å². The van der Waals surface area contributed by atoms with E-state index >= 15 is 0 Å². The second-order valence-corrected chi connectivity index (χ2v) is 5.44. The molecule has 1 aliphatic rings. The fourth-order valence-electron chi connectivity index (χ4n) is 2.35. The smallest absolute Gasteiger partial charge is 0.323 e. The van der Waals surface area contributed by atoms with E-state index in [1.54, 1.807) is 7.11 Å². The highest BCUT2D eigenvalue weighted by Crippen LogP contribution is 2.22. The molecular formula is C13H24N6O2. The van der Waals surface area contributed by atoms with Gasteiger partial charge in [-0.1, -0.05) is 0 Å². The fraction of sp³-hybridized carbons (Fsp3) is 0.769. The van der Waals surface area contributed by atoms with Crippen LogP contribution in [0.15, 0.2) is 0 Å². The van der Waals surface area contributed by atoms with Gasteiger partial charge >= 0.3 is 6.01 Å². The fourth-order valence-corrected chi connectivity index (χ4v) is 2.35. The maximum Gasteiger partial charge on any atom is 0.323 e. The first-order chi connectivity index (χ1) is 10.1. The zero-order chi connectivity index (χ0) is 15.2. The van der Waals surface area contributed by atoms with Gasteiger partial charge in [-0.2, -0.15) is 15.0 Å². The lowest BCUT2D eigenvalue weighted by molar-refractivity contribution is 0.138. The summed E-state index contributed by atoms with van der Waals surface area (Å²) in [7, 11) is 1.74. The zero-order valence-electron chi connectivity index (χ0n) is 12.9. The van der Waals surface area contributed by atoms with Crippen LogP contribution in [-0.4, -0.2) is 47.9 Å². The lowest BCUT2D eigenvalue weighted by Gasteiger charge is -2.31. The molecule has 1 saturated heterocycles. The molecule has 0 spiro atoms. The number of ether oxygens (including phenoxy) is 2. The van der Waals surface area contributed by atoms with Gasteiger partial charge in [0.15, 0.2) is 0 Å². The number of hydrogen-bond donors (Lipinski definition) is 2. The molecule has 1 aromatic heterocycles. The third-order valence-electron chi connectivity index (χ3n) is 3.37. The average molecular weight is 296 g/mol. The second kappa shape index (κ2) is 7.37. The topological polar surface area (TPSA) is 98.4 Å². The normalized spacial score (nSPS) is 16.3. The highest BCUT2D eigenvalue weighted by atomic mass is 16.5. The molecule has 8 nitrogen and oxygen atoms in total. The minimum Gasteiger partial charge on any atom is -0.461 e. The van der Waals surface area contributed by atoms with E-state index in [9.17, 15) is 0 Å². The van der Waals surface area contributed by atoms with Gasteiger partial charge in [0.1, 0.15) is 0 Å². The molecule has 1 aromatic rings. The van der Waals surface area contributed by atoms with Crippen LogP contribution in [0.3, 0.4) is 0 Å². The van der Waals surface area contributed by atoms with E-state index in [0.717, 1.165) is 32.5 Å². The Hall–Kier alpha value is -1.67. The summed E-state index contributed by atoms with van der Waals surface area (Å²) >= 11 is 0. The number of nitrogens with zero attached hydrogens (tertiary/aromatic N) is 4. The Kier molecular flexibility index (Phi) is 5.51. The molecule has 118 valence electrons. The molecule has 0 radical (unpaired) electrons. The Labute approximate surface area is 125 Å². The van der Waals surface area contributed by atoms with Gasteiger partial charge in [-0.15, -0.1) is 0 Å². The number of methoxy groups -OCH3 is 1. The van der Waals surface area contributed by atoms with E-state index in [1.807, 2.05) is 13.8 Å². The highest BCUT2D eigenvalue weighted by Gasteiger charge is 2.22. The summed E-state index contributed by atoms with van der Waals surface area (Å²) < 4.78 is 10.8. The monoisotopic (exact) mass is 296 g/mol. The molecule has 21 heavy (non-hydrogen) atoms. The number of hydrogen-bond acceptors (Lipinski definition) is 8. The predicted octanol–water partition coefficient (Wildman–Crippen LogP) is 0.807. The van der Waals surface area contributed by atoms with Gasteiger partial charge in [0.25, 0.3) is 0 Å². The Morgan fingerprint density at radius 1 is 1.29 bits per heavy atom. The maximum atomic E-state index is 5.54. The van der Waals surface area contributed by atoms with E-state index in [0.29, 0.717) is 23.8 Å². The van der Waals surface area contributed by atoms with Crippen LogP contribution in [-0.2, 0) is 4.74 Å². The number of hydrazine groups is 1. The van der Waals surface area contributed by atoms with Crippen molar-refractivity contribution in [3.8, 4) is 6.01 Å². The van der Waals surface area contributed by atoms with E-state index < -0.39 is 0 Å². The molecule has 8 heteroatoms. The number of rotatable bonds is 6. The summed E-state index contributed by atoms with van der Waals surface area (Å²) in [6, 6.07) is 0.293. The molecule has 0 bridgehead atoms. The molecule has 2 heterocycles. The van der Waals surface area contributed by atoms with Crippen molar-refractivity contribution in [3.63, 3.8) is 0 Å². The van der Waals surface area contributed by atoms with Crippen molar-refractivity contribution in [2.24, 2.45) is 11.8 Å². The maximum absolute atomic E-state index is 5.54. The number of aromatic nitrogens is 3. The van der Waals surface area contributed by atoms with Crippen molar-refractivity contribution < 1.29 is 9.47 Å². The summed E-state index contributed by atoms with van der Waals surface area (Å²) in [5, 5.41) is 0. The van der Waals surface area contributed by atoms with Gasteiger partial charge in [0.2, 0.25) is 11.9 Å². The molecule has 0 unspecified atom stereocenters. The van der Waals surface area contributed by atoms with Crippen molar-refractivity contribution >= 4 is 11.9 Å². The van der Waals surface area contributed by atoms with Gasteiger partial charge in [-0.25, -0.2) is 5.84 Å². The van der Waals surface area contributed by atoms with Crippen molar-refractivity contribution in [3.05, 3.63) is 0 Å². The largest absolute Gasteiger partial charge is 0.461 e. The van der Waals surface area contributed by atoms with Gasteiger partial charge < -0.3 is 14.4 Å². The van der Waals surface area contributed by atoms with E-state index in [1.165, 1.54) is 0 Å². The molecule has 2 rings (SSSR count). The van der Waals surface area contributed by atoms with Crippen molar-refractivity contribution in [1.29, 1.82) is 0 Å². The van der Waals surface area contributed by atoms with Crippen molar-refractivity contribution in [2.75, 3.05) is 37.1 Å². The molecule has 3 N–H and O–H groups in total. The Bertz CT molecular complexity index is 448. The summed E-state index contributed by atoms with van der Waals surface area (Å²) in [4.78, 5) is 14.9. The van der Waals surface area contributed by atoms with Gasteiger partial charge in [0.05, 0.1) is 6.10 Å². The first-order valence-corrected chi connectivity index (χ1v) is 7.25.